The van der Waals surface area contributed by atoms with E-state index in [1.54, 1.807) is 11.8 Å². The Bertz CT molecular complexity index is 465. The molecule has 1 aromatic rings. The van der Waals surface area contributed by atoms with Gasteiger partial charge in [0.25, 0.3) is 0 Å². The number of amides is 1. The zero-order valence-corrected chi connectivity index (χ0v) is 13.3. The molecule has 1 unspecified atom stereocenters. The second kappa shape index (κ2) is 6.84. The molecular formula is C17H24N2OS. The van der Waals surface area contributed by atoms with E-state index in [0.29, 0.717) is 0 Å². The van der Waals surface area contributed by atoms with Gasteiger partial charge in [-0.05, 0) is 24.8 Å². The topological polar surface area (TPSA) is 41.1 Å². The van der Waals surface area contributed by atoms with E-state index in [2.05, 4.69) is 41.0 Å². The van der Waals surface area contributed by atoms with Crippen LogP contribution in [0.4, 0.5) is 0 Å². The molecule has 0 radical (unpaired) electrons. The molecule has 21 heavy (non-hydrogen) atoms. The number of hydrogen-bond donors (Lipinski definition) is 2. The van der Waals surface area contributed by atoms with Crippen molar-refractivity contribution >= 4 is 17.7 Å². The van der Waals surface area contributed by atoms with Gasteiger partial charge in [0, 0.05) is 17.2 Å². The molecule has 3 nitrogen and oxygen atoms in total. The number of carbonyl (C=O) groups is 1. The van der Waals surface area contributed by atoms with Crippen molar-refractivity contribution in [3.63, 3.8) is 0 Å². The summed E-state index contributed by atoms with van der Waals surface area (Å²) < 4.78 is 0. The Labute approximate surface area is 131 Å². The molecule has 1 saturated carbocycles. The van der Waals surface area contributed by atoms with Crippen LogP contribution in [0, 0.1) is 0 Å². The highest BCUT2D eigenvalue weighted by atomic mass is 32.2. The smallest absolute Gasteiger partial charge is 0.238 e. The molecule has 1 saturated heterocycles. The minimum atomic E-state index is -0.0361. The lowest BCUT2D eigenvalue weighted by molar-refractivity contribution is -0.124. The Kier molecular flexibility index (Phi) is 4.86. The summed E-state index contributed by atoms with van der Waals surface area (Å²) in [5.41, 5.74) is 1.29. The van der Waals surface area contributed by atoms with Gasteiger partial charge in [-0.25, -0.2) is 0 Å². The summed E-state index contributed by atoms with van der Waals surface area (Å²) in [5, 5.41) is 6.69. The van der Waals surface area contributed by atoms with Crippen LogP contribution in [0.5, 0.6) is 0 Å². The second-order valence-corrected chi connectivity index (χ2v) is 7.29. The average Bonchev–Trinajstić information content (AvgIpc) is 3.03. The molecule has 1 atom stereocenters. The van der Waals surface area contributed by atoms with Crippen molar-refractivity contribution in [3.05, 3.63) is 35.9 Å². The van der Waals surface area contributed by atoms with Crippen LogP contribution < -0.4 is 10.6 Å². The van der Waals surface area contributed by atoms with E-state index in [1.165, 1.54) is 24.8 Å². The Morgan fingerprint density at radius 3 is 2.67 bits per heavy atom. The van der Waals surface area contributed by atoms with Crippen LogP contribution in [-0.2, 0) is 11.2 Å². The van der Waals surface area contributed by atoms with Crippen LogP contribution in [0.1, 0.15) is 37.7 Å². The first-order chi connectivity index (χ1) is 10.3. The van der Waals surface area contributed by atoms with Crippen molar-refractivity contribution in [3.8, 4) is 0 Å². The van der Waals surface area contributed by atoms with Crippen LogP contribution in [0.15, 0.2) is 30.3 Å². The zero-order chi connectivity index (χ0) is 14.5. The predicted octanol–water partition coefficient (Wildman–Crippen LogP) is 2.71. The van der Waals surface area contributed by atoms with Crippen LogP contribution in [0.3, 0.4) is 0 Å². The lowest BCUT2D eigenvalue weighted by Gasteiger charge is -2.39. The highest BCUT2D eigenvalue weighted by Gasteiger charge is 2.36. The lowest BCUT2D eigenvalue weighted by atomic mass is 9.77. The molecule has 1 heterocycles. The van der Waals surface area contributed by atoms with Crippen molar-refractivity contribution in [2.75, 3.05) is 11.6 Å². The largest absolute Gasteiger partial charge is 0.349 e. The second-order valence-electron chi connectivity index (χ2n) is 6.26. The molecule has 1 aliphatic heterocycles. The number of thioether (sulfide) groups is 1. The van der Waals surface area contributed by atoms with Gasteiger partial charge in [-0.2, -0.15) is 0 Å². The van der Waals surface area contributed by atoms with Gasteiger partial charge in [0.2, 0.25) is 5.91 Å². The fourth-order valence-corrected chi connectivity index (χ4v) is 4.42. The Balaban J connectivity index is 1.71. The fourth-order valence-electron chi connectivity index (χ4n) is 3.47. The summed E-state index contributed by atoms with van der Waals surface area (Å²) in [7, 11) is 0. The number of rotatable bonds is 4. The summed E-state index contributed by atoms with van der Waals surface area (Å²) in [5.74, 6) is 1.98. The third kappa shape index (κ3) is 3.80. The van der Waals surface area contributed by atoms with Gasteiger partial charge in [0.15, 0.2) is 0 Å². The molecule has 2 aliphatic rings. The molecule has 0 bridgehead atoms. The van der Waals surface area contributed by atoms with Crippen LogP contribution >= 0.6 is 11.8 Å². The minimum absolute atomic E-state index is 0.00965. The summed E-state index contributed by atoms with van der Waals surface area (Å²) in [6.45, 7) is 0. The van der Waals surface area contributed by atoms with Gasteiger partial charge in [-0.15, -0.1) is 11.8 Å². The van der Waals surface area contributed by atoms with Gasteiger partial charge in [-0.3, -0.25) is 10.1 Å². The first-order valence-electron chi connectivity index (χ1n) is 7.95. The number of hydrogen-bond acceptors (Lipinski definition) is 3. The van der Waals surface area contributed by atoms with E-state index in [1.807, 2.05) is 0 Å². The third-order valence-corrected chi connectivity index (χ3v) is 5.56. The van der Waals surface area contributed by atoms with Crippen molar-refractivity contribution in [1.29, 1.82) is 0 Å². The summed E-state index contributed by atoms with van der Waals surface area (Å²) in [6, 6.07) is 10.6. The Hall–Kier alpha value is -1.00. The molecule has 3 rings (SSSR count). The van der Waals surface area contributed by atoms with Gasteiger partial charge < -0.3 is 5.32 Å². The summed E-state index contributed by atoms with van der Waals surface area (Å²) >= 11 is 1.80. The number of nitrogens with one attached hydrogen (secondary N) is 2. The molecule has 1 aliphatic carbocycles. The molecule has 2 fully saturated rings. The summed E-state index contributed by atoms with van der Waals surface area (Å²) in [6.07, 6.45) is 6.91. The zero-order valence-electron chi connectivity index (χ0n) is 12.4. The Morgan fingerprint density at radius 2 is 2.00 bits per heavy atom. The van der Waals surface area contributed by atoms with Crippen LogP contribution in [0.2, 0.25) is 0 Å². The highest BCUT2D eigenvalue weighted by Crippen LogP contribution is 2.31. The molecule has 1 amide bonds. The normalized spacial score (nSPS) is 24.7. The van der Waals surface area contributed by atoms with E-state index in [0.717, 1.165) is 30.9 Å². The molecule has 0 spiro atoms. The van der Waals surface area contributed by atoms with Gasteiger partial charge in [0.05, 0.1) is 6.04 Å². The summed E-state index contributed by atoms with van der Waals surface area (Å²) in [4.78, 5) is 12.5. The number of carbonyl (C=O) groups excluding carboxylic acids is 1. The van der Waals surface area contributed by atoms with Crippen LogP contribution in [-0.4, -0.2) is 29.1 Å². The molecule has 114 valence electrons. The Morgan fingerprint density at radius 1 is 1.24 bits per heavy atom. The maximum absolute atomic E-state index is 12.5. The van der Waals surface area contributed by atoms with E-state index in [4.69, 9.17) is 0 Å². The average molecular weight is 304 g/mol. The van der Waals surface area contributed by atoms with E-state index >= 15 is 0 Å². The standard InChI is InChI=1S/C17H24N2OS/c20-16(15-12-21-13-18-15)19-17(9-5-2-6-10-17)11-14-7-3-1-4-8-14/h1,3-4,7-8,15,18H,2,5-6,9-13H2,(H,19,20). The van der Waals surface area contributed by atoms with Gasteiger partial charge in [0.1, 0.15) is 0 Å². The van der Waals surface area contributed by atoms with Crippen molar-refractivity contribution < 1.29 is 4.79 Å². The van der Waals surface area contributed by atoms with Crippen molar-refractivity contribution in [2.24, 2.45) is 0 Å². The maximum Gasteiger partial charge on any atom is 0.238 e. The first-order valence-corrected chi connectivity index (χ1v) is 9.10. The monoisotopic (exact) mass is 304 g/mol. The molecule has 4 heteroatoms. The van der Waals surface area contributed by atoms with Crippen molar-refractivity contribution in [2.45, 2.75) is 50.1 Å². The number of benzene rings is 1. The third-order valence-electron chi connectivity index (χ3n) is 4.62. The SMILES string of the molecule is O=C(NC1(Cc2ccccc2)CCCCC1)C1CSCN1. The first kappa shape index (κ1) is 14.9. The van der Waals surface area contributed by atoms with Crippen LogP contribution in [0.25, 0.3) is 0 Å². The van der Waals surface area contributed by atoms with E-state index < -0.39 is 0 Å². The van der Waals surface area contributed by atoms with Gasteiger partial charge in [-0.1, -0.05) is 49.6 Å². The predicted molar refractivity (Wildman–Crippen MR) is 88.4 cm³/mol. The minimum Gasteiger partial charge on any atom is -0.349 e. The fraction of sp³-hybridized carbons (Fsp3) is 0.588. The molecule has 2 N–H and O–H groups in total. The maximum atomic E-state index is 12.5. The highest BCUT2D eigenvalue weighted by molar-refractivity contribution is 7.99. The molecular weight excluding hydrogens is 280 g/mol. The van der Waals surface area contributed by atoms with E-state index in [-0.39, 0.29) is 17.5 Å². The lowest BCUT2D eigenvalue weighted by Crippen LogP contribution is -2.56. The van der Waals surface area contributed by atoms with E-state index in [9.17, 15) is 4.79 Å². The van der Waals surface area contributed by atoms with Crippen molar-refractivity contribution in [1.82, 2.24) is 10.6 Å². The quantitative estimate of drug-likeness (QED) is 0.898. The van der Waals surface area contributed by atoms with Gasteiger partial charge >= 0.3 is 0 Å². The molecule has 1 aromatic carbocycles. The molecule has 0 aromatic heterocycles.